The number of hydrogen-bond acceptors (Lipinski definition) is 7. The molecule has 0 radical (unpaired) electrons. The molecule has 0 saturated carbocycles. The molecule has 1 aliphatic heterocycles. The Kier molecular flexibility index (Phi) is 5.17. The van der Waals surface area contributed by atoms with Gasteiger partial charge in [-0.15, -0.1) is 11.3 Å². The van der Waals surface area contributed by atoms with Gasteiger partial charge in [0.05, 0.1) is 23.3 Å². The zero-order valence-electron chi connectivity index (χ0n) is 14.2. The van der Waals surface area contributed by atoms with E-state index in [0.717, 1.165) is 16.2 Å². The molecule has 138 valence electrons. The molecule has 1 unspecified atom stereocenters. The molecule has 6 nitrogen and oxygen atoms in total. The lowest BCUT2D eigenvalue weighted by Gasteiger charge is -2.19. The summed E-state index contributed by atoms with van der Waals surface area (Å²) in [5, 5.41) is 11.6. The molecule has 8 heteroatoms. The maximum absolute atomic E-state index is 12.7. The molecule has 0 aliphatic carbocycles. The molecule has 4 rings (SSSR count). The van der Waals surface area contributed by atoms with Gasteiger partial charge in [-0.05, 0) is 46.0 Å². The Hall–Kier alpha value is -2.71. The van der Waals surface area contributed by atoms with Crippen molar-refractivity contribution in [2.75, 3.05) is 6.61 Å². The number of hydrogen-bond donors (Lipinski definition) is 0. The lowest BCUT2D eigenvalue weighted by atomic mass is 10.1. The molecule has 1 aliphatic rings. The highest BCUT2D eigenvalue weighted by Crippen LogP contribution is 2.34. The average molecular weight is 400 g/mol. The summed E-state index contributed by atoms with van der Waals surface area (Å²) < 4.78 is 10.6. The lowest BCUT2D eigenvalue weighted by molar-refractivity contribution is -0.152. The van der Waals surface area contributed by atoms with E-state index in [4.69, 9.17) is 9.15 Å². The summed E-state index contributed by atoms with van der Waals surface area (Å²) in [5.41, 5.74) is 1.70. The molecule has 3 aromatic rings. The van der Waals surface area contributed by atoms with Crippen molar-refractivity contribution in [1.82, 2.24) is 5.01 Å². The van der Waals surface area contributed by atoms with Crippen LogP contribution in [0.5, 0.6) is 0 Å². The molecular formula is C19H16N2O4S2. The van der Waals surface area contributed by atoms with Gasteiger partial charge in [0.1, 0.15) is 11.8 Å². The van der Waals surface area contributed by atoms with Gasteiger partial charge >= 0.3 is 5.97 Å². The van der Waals surface area contributed by atoms with Crippen LogP contribution in [0.15, 0.2) is 62.3 Å². The van der Waals surface area contributed by atoms with Crippen molar-refractivity contribution in [3.8, 4) is 0 Å². The number of hydrazone groups is 1. The van der Waals surface area contributed by atoms with Crippen molar-refractivity contribution >= 4 is 40.3 Å². The zero-order chi connectivity index (χ0) is 18.6. The van der Waals surface area contributed by atoms with E-state index in [0.29, 0.717) is 12.2 Å². The summed E-state index contributed by atoms with van der Waals surface area (Å²) in [6, 6.07) is 9.04. The quantitative estimate of drug-likeness (QED) is 0.589. The Morgan fingerprint density at radius 1 is 1.26 bits per heavy atom. The summed E-state index contributed by atoms with van der Waals surface area (Å²) in [6.45, 7) is -0.346. The zero-order valence-corrected chi connectivity index (χ0v) is 15.9. The van der Waals surface area contributed by atoms with Gasteiger partial charge in [0.25, 0.3) is 5.91 Å². The number of esters is 1. The van der Waals surface area contributed by atoms with Crippen LogP contribution in [0.3, 0.4) is 0 Å². The molecular weight excluding hydrogens is 384 g/mol. The molecule has 0 fully saturated rings. The molecule has 0 spiro atoms. The Balaban J connectivity index is 1.45. The second kappa shape index (κ2) is 7.89. The largest absolute Gasteiger partial charge is 0.467 e. The van der Waals surface area contributed by atoms with Gasteiger partial charge in [-0.25, -0.2) is 5.01 Å². The maximum Gasteiger partial charge on any atom is 0.310 e. The van der Waals surface area contributed by atoms with Crippen LogP contribution in [-0.2, 0) is 20.7 Å². The van der Waals surface area contributed by atoms with Gasteiger partial charge < -0.3 is 9.15 Å². The highest BCUT2D eigenvalue weighted by molar-refractivity contribution is 7.12. The minimum atomic E-state index is -0.432. The number of carbonyl (C=O) groups excluding carboxylic acids is 2. The number of ether oxygens (including phenoxy) is 1. The Labute approximate surface area is 163 Å². The van der Waals surface area contributed by atoms with Crippen LogP contribution in [0.4, 0.5) is 0 Å². The molecule has 1 amide bonds. The SMILES string of the molecule is O=C(Cc1ccsc1)OCC(=O)N1N=C(c2cccs2)CC1c1ccco1. The number of nitrogens with zero attached hydrogens (tertiary/aromatic N) is 2. The second-order valence-corrected chi connectivity index (χ2v) is 7.69. The average Bonchev–Trinajstić information content (AvgIpc) is 3.46. The standard InChI is InChI=1S/C19H16N2O4S2/c22-18(11-25-19(23)9-13-5-8-26-12-13)21-15(16-3-1-6-24-16)10-14(20-21)17-4-2-7-27-17/h1-8,12,15H,9-11H2. The van der Waals surface area contributed by atoms with E-state index >= 15 is 0 Å². The molecule has 27 heavy (non-hydrogen) atoms. The summed E-state index contributed by atoms with van der Waals surface area (Å²) in [7, 11) is 0. The van der Waals surface area contributed by atoms with E-state index in [1.807, 2.05) is 40.4 Å². The highest BCUT2D eigenvalue weighted by Gasteiger charge is 2.35. The normalized spacial score (nSPS) is 16.4. The van der Waals surface area contributed by atoms with Gasteiger partial charge in [0.15, 0.2) is 6.61 Å². The maximum atomic E-state index is 12.7. The van der Waals surface area contributed by atoms with Crippen LogP contribution in [0.1, 0.15) is 28.7 Å². The first-order valence-corrected chi connectivity index (χ1v) is 10.2. The van der Waals surface area contributed by atoms with Crippen molar-refractivity contribution in [1.29, 1.82) is 0 Å². The summed E-state index contributed by atoms with van der Waals surface area (Å²) in [4.78, 5) is 25.6. The third-order valence-electron chi connectivity index (χ3n) is 4.13. The van der Waals surface area contributed by atoms with E-state index in [1.54, 1.807) is 23.7 Å². The molecule has 0 aromatic carbocycles. The van der Waals surface area contributed by atoms with Gasteiger partial charge in [-0.1, -0.05) is 6.07 Å². The Bertz CT molecular complexity index is 931. The number of rotatable bonds is 6. The fourth-order valence-electron chi connectivity index (χ4n) is 2.85. The third kappa shape index (κ3) is 4.01. The smallest absolute Gasteiger partial charge is 0.310 e. The fourth-order valence-corrected chi connectivity index (χ4v) is 4.24. The predicted octanol–water partition coefficient (Wildman–Crippen LogP) is 3.87. The Morgan fingerprint density at radius 3 is 2.89 bits per heavy atom. The van der Waals surface area contributed by atoms with Crippen LogP contribution >= 0.6 is 22.7 Å². The van der Waals surface area contributed by atoms with Crippen LogP contribution in [-0.4, -0.2) is 29.2 Å². The molecule has 0 saturated heterocycles. The first-order valence-electron chi connectivity index (χ1n) is 8.34. The molecule has 0 bridgehead atoms. The van der Waals surface area contributed by atoms with Gasteiger partial charge in [-0.2, -0.15) is 16.4 Å². The van der Waals surface area contributed by atoms with Crippen molar-refractivity contribution < 1.29 is 18.7 Å². The minimum Gasteiger partial charge on any atom is -0.467 e. The first kappa shape index (κ1) is 17.7. The summed E-state index contributed by atoms with van der Waals surface area (Å²) >= 11 is 3.08. The molecule has 3 aromatic heterocycles. The van der Waals surface area contributed by atoms with Crippen molar-refractivity contribution in [3.05, 3.63) is 68.9 Å². The van der Waals surface area contributed by atoms with E-state index < -0.39 is 5.97 Å². The van der Waals surface area contributed by atoms with Gasteiger partial charge in [0.2, 0.25) is 0 Å². The van der Waals surface area contributed by atoms with Crippen molar-refractivity contribution in [2.24, 2.45) is 5.10 Å². The summed E-state index contributed by atoms with van der Waals surface area (Å²) in [5.74, 6) is -0.150. The van der Waals surface area contributed by atoms with Crippen molar-refractivity contribution in [2.45, 2.75) is 18.9 Å². The number of furan rings is 1. The number of amides is 1. The first-order chi connectivity index (χ1) is 13.2. The minimum absolute atomic E-state index is 0.155. The second-order valence-electron chi connectivity index (χ2n) is 5.97. The predicted molar refractivity (Wildman–Crippen MR) is 103 cm³/mol. The number of thiophene rings is 2. The third-order valence-corrected chi connectivity index (χ3v) is 5.78. The van der Waals surface area contributed by atoms with E-state index in [1.165, 1.54) is 16.3 Å². The summed E-state index contributed by atoms with van der Waals surface area (Å²) in [6.07, 6.45) is 2.28. The van der Waals surface area contributed by atoms with Crippen LogP contribution in [0.2, 0.25) is 0 Å². The lowest BCUT2D eigenvalue weighted by Crippen LogP contribution is -2.31. The topological polar surface area (TPSA) is 72.1 Å². The molecule has 0 N–H and O–H groups in total. The molecule has 1 atom stereocenters. The monoisotopic (exact) mass is 400 g/mol. The Morgan fingerprint density at radius 2 is 2.19 bits per heavy atom. The van der Waals surface area contributed by atoms with Crippen LogP contribution in [0.25, 0.3) is 0 Å². The highest BCUT2D eigenvalue weighted by atomic mass is 32.1. The fraction of sp³-hybridized carbons (Fsp3) is 0.211. The van der Waals surface area contributed by atoms with E-state index in [2.05, 4.69) is 5.10 Å². The van der Waals surface area contributed by atoms with Gasteiger partial charge in [-0.3, -0.25) is 9.59 Å². The van der Waals surface area contributed by atoms with E-state index in [9.17, 15) is 9.59 Å². The van der Waals surface area contributed by atoms with Crippen molar-refractivity contribution in [3.63, 3.8) is 0 Å². The van der Waals surface area contributed by atoms with E-state index in [-0.39, 0.29) is 25.0 Å². The van der Waals surface area contributed by atoms with Gasteiger partial charge in [0, 0.05) is 6.42 Å². The van der Waals surface area contributed by atoms with Crippen LogP contribution < -0.4 is 0 Å². The number of carbonyl (C=O) groups is 2. The molecule has 4 heterocycles. The van der Waals surface area contributed by atoms with Crippen LogP contribution in [0, 0.1) is 0 Å².